The third-order valence-corrected chi connectivity index (χ3v) is 3.41. The third-order valence-electron chi connectivity index (χ3n) is 2.53. The fourth-order valence-corrected chi connectivity index (χ4v) is 2.07. The molecule has 1 unspecified atom stereocenters. The maximum Gasteiger partial charge on any atom is 0.253 e. The molecule has 0 saturated heterocycles. The SMILES string of the molecule is CCCCC(CN1C(=O)C=CC1=O)C(=O)I. The largest absolute Gasteiger partial charge is 0.287 e. The number of rotatable bonds is 6. The van der Waals surface area contributed by atoms with Gasteiger partial charge in [0.15, 0.2) is 3.79 Å². The quantitative estimate of drug-likeness (QED) is 0.422. The molecule has 0 bridgehead atoms. The van der Waals surface area contributed by atoms with Crippen LogP contribution >= 0.6 is 22.6 Å². The zero-order valence-electron chi connectivity index (χ0n) is 9.11. The zero-order valence-corrected chi connectivity index (χ0v) is 11.3. The fraction of sp³-hybridized carbons (Fsp3) is 0.545. The zero-order chi connectivity index (χ0) is 12.1. The topological polar surface area (TPSA) is 54.5 Å². The molecule has 0 N–H and O–H groups in total. The van der Waals surface area contributed by atoms with E-state index in [1.54, 1.807) is 22.6 Å². The van der Waals surface area contributed by atoms with Gasteiger partial charge in [-0.1, -0.05) is 19.8 Å². The summed E-state index contributed by atoms with van der Waals surface area (Å²) in [5.41, 5.74) is 0. The predicted molar refractivity (Wildman–Crippen MR) is 67.9 cm³/mol. The van der Waals surface area contributed by atoms with Crippen molar-refractivity contribution < 1.29 is 14.4 Å². The van der Waals surface area contributed by atoms with Gasteiger partial charge in [-0.05, 0) is 29.0 Å². The van der Waals surface area contributed by atoms with Crippen molar-refractivity contribution in [1.82, 2.24) is 4.90 Å². The maximum absolute atomic E-state index is 11.4. The monoisotopic (exact) mass is 335 g/mol. The Labute approximate surface area is 108 Å². The second-order valence-electron chi connectivity index (χ2n) is 3.76. The van der Waals surface area contributed by atoms with Gasteiger partial charge < -0.3 is 0 Å². The first-order valence-corrected chi connectivity index (χ1v) is 6.37. The highest BCUT2D eigenvalue weighted by atomic mass is 127. The Kier molecular flexibility index (Phi) is 5.11. The summed E-state index contributed by atoms with van der Waals surface area (Å²) in [4.78, 5) is 35.1. The Morgan fingerprint density at radius 3 is 2.38 bits per heavy atom. The number of unbranched alkanes of at least 4 members (excludes halogenated alkanes) is 1. The molecule has 1 atom stereocenters. The van der Waals surface area contributed by atoms with Gasteiger partial charge in [0.1, 0.15) is 0 Å². The molecular weight excluding hydrogens is 321 g/mol. The van der Waals surface area contributed by atoms with Crippen LogP contribution < -0.4 is 0 Å². The fourth-order valence-electron chi connectivity index (χ4n) is 1.56. The number of hydrogen-bond donors (Lipinski definition) is 0. The molecule has 0 aromatic rings. The molecule has 1 rings (SSSR count). The highest BCUT2D eigenvalue weighted by Gasteiger charge is 2.28. The summed E-state index contributed by atoms with van der Waals surface area (Å²) < 4.78 is 0.0125. The molecule has 0 aromatic carbocycles. The summed E-state index contributed by atoms with van der Waals surface area (Å²) in [5.74, 6) is -0.860. The lowest BCUT2D eigenvalue weighted by molar-refractivity contribution is -0.137. The number of halogens is 1. The molecule has 0 fully saturated rings. The lowest BCUT2D eigenvalue weighted by Crippen LogP contribution is -2.36. The summed E-state index contributed by atoms with van der Waals surface area (Å²) in [6, 6.07) is 0. The molecule has 0 spiro atoms. The normalized spacial score (nSPS) is 17.0. The summed E-state index contributed by atoms with van der Waals surface area (Å²) in [6.45, 7) is 2.26. The smallest absolute Gasteiger partial charge is 0.253 e. The highest BCUT2D eigenvalue weighted by Crippen LogP contribution is 2.17. The Bertz CT molecular complexity index is 320. The summed E-state index contributed by atoms with van der Waals surface area (Å²) in [5, 5.41) is 0. The maximum atomic E-state index is 11.4. The number of nitrogens with zero attached hydrogens (tertiary/aromatic N) is 1. The van der Waals surface area contributed by atoms with Gasteiger partial charge in [0, 0.05) is 24.6 Å². The van der Waals surface area contributed by atoms with Crippen LogP contribution in [-0.2, 0) is 14.4 Å². The van der Waals surface area contributed by atoms with Crippen molar-refractivity contribution in [2.45, 2.75) is 26.2 Å². The van der Waals surface area contributed by atoms with Crippen LogP contribution in [0, 0.1) is 5.92 Å². The van der Waals surface area contributed by atoms with Crippen LogP contribution in [0.25, 0.3) is 0 Å². The number of hydrogen-bond acceptors (Lipinski definition) is 3. The molecule has 2 amide bonds. The molecule has 0 aliphatic carbocycles. The molecule has 0 saturated carbocycles. The van der Waals surface area contributed by atoms with E-state index in [0.29, 0.717) is 0 Å². The van der Waals surface area contributed by atoms with Crippen molar-refractivity contribution in [2.24, 2.45) is 5.92 Å². The Morgan fingerprint density at radius 2 is 1.94 bits per heavy atom. The molecule has 1 heterocycles. The minimum absolute atomic E-state index is 0.0125. The minimum Gasteiger partial charge on any atom is -0.287 e. The van der Waals surface area contributed by atoms with E-state index in [2.05, 4.69) is 0 Å². The van der Waals surface area contributed by atoms with E-state index in [1.165, 1.54) is 12.2 Å². The standard InChI is InChI=1S/C11H14INO3/c1-2-3-4-8(11(12)16)7-13-9(14)5-6-10(13)15/h5-6,8H,2-4,7H2,1H3. The van der Waals surface area contributed by atoms with Gasteiger partial charge in [0.25, 0.3) is 11.8 Å². The van der Waals surface area contributed by atoms with Gasteiger partial charge in [-0.3, -0.25) is 19.3 Å². The van der Waals surface area contributed by atoms with Crippen molar-refractivity contribution in [3.05, 3.63) is 12.2 Å². The minimum atomic E-state index is -0.316. The molecule has 4 nitrogen and oxygen atoms in total. The van der Waals surface area contributed by atoms with Gasteiger partial charge in [-0.2, -0.15) is 0 Å². The first-order valence-electron chi connectivity index (χ1n) is 5.29. The van der Waals surface area contributed by atoms with E-state index in [0.717, 1.165) is 24.2 Å². The predicted octanol–water partition coefficient (Wildman–Crippen LogP) is 1.68. The Morgan fingerprint density at radius 1 is 1.38 bits per heavy atom. The number of amides is 2. The van der Waals surface area contributed by atoms with Gasteiger partial charge in [-0.15, -0.1) is 0 Å². The van der Waals surface area contributed by atoms with Crippen LogP contribution in [0.2, 0.25) is 0 Å². The summed E-state index contributed by atoms with van der Waals surface area (Å²) in [7, 11) is 0. The number of carbonyl (C=O) groups is 3. The van der Waals surface area contributed by atoms with Crippen molar-refractivity contribution in [2.75, 3.05) is 6.54 Å². The molecule has 1 aliphatic rings. The van der Waals surface area contributed by atoms with Crippen molar-refractivity contribution in [3.63, 3.8) is 0 Å². The number of imide groups is 1. The average molecular weight is 335 g/mol. The lowest BCUT2D eigenvalue weighted by Gasteiger charge is -2.19. The Balaban J connectivity index is 2.58. The second kappa shape index (κ2) is 6.12. The van der Waals surface area contributed by atoms with Crippen LogP contribution in [0.15, 0.2) is 12.2 Å². The van der Waals surface area contributed by atoms with E-state index < -0.39 is 0 Å². The van der Waals surface area contributed by atoms with E-state index in [-0.39, 0.29) is 28.1 Å². The van der Waals surface area contributed by atoms with E-state index in [9.17, 15) is 14.4 Å². The second-order valence-corrected chi connectivity index (χ2v) is 4.83. The molecule has 0 aromatic heterocycles. The molecular formula is C11H14INO3. The van der Waals surface area contributed by atoms with Crippen LogP contribution in [-0.4, -0.2) is 27.0 Å². The summed E-state index contributed by atoms with van der Waals surface area (Å²) >= 11 is 1.74. The average Bonchev–Trinajstić information content (AvgIpc) is 2.54. The van der Waals surface area contributed by atoms with Crippen molar-refractivity contribution in [1.29, 1.82) is 0 Å². The van der Waals surface area contributed by atoms with Crippen LogP contribution in [0.4, 0.5) is 0 Å². The lowest BCUT2D eigenvalue weighted by atomic mass is 10.0. The molecule has 0 radical (unpaired) electrons. The molecule has 88 valence electrons. The van der Waals surface area contributed by atoms with E-state index >= 15 is 0 Å². The first kappa shape index (κ1) is 13.3. The highest BCUT2D eigenvalue weighted by molar-refractivity contribution is 14.1. The van der Waals surface area contributed by atoms with Crippen molar-refractivity contribution in [3.8, 4) is 0 Å². The van der Waals surface area contributed by atoms with Gasteiger partial charge >= 0.3 is 0 Å². The molecule has 16 heavy (non-hydrogen) atoms. The van der Waals surface area contributed by atoms with Crippen molar-refractivity contribution >= 4 is 38.2 Å². The first-order chi connectivity index (χ1) is 7.56. The Hall–Kier alpha value is -0.720. The van der Waals surface area contributed by atoms with Gasteiger partial charge in [0.2, 0.25) is 0 Å². The van der Waals surface area contributed by atoms with Crippen LogP contribution in [0.1, 0.15) is 26.2 Å². The van der Waals surface area contributed by atoms with Gasteiger partial charge in [0.05, 0.1) is 0 Å². The van der Waals surface area contributed by atoms with E-state index in [1.807, 2.05) is 6.92 Å². The van der Waals surface area contributed by atoms with Crippen LogP contribution in [0.5, 0.6) is 0 Å². The third kappa shape index (κ3) is 3.40. The molecule has 5 heteroatoms. The van der Waals surface area contributed by atoms with Crippen LogP contribution in [0.3, 0.4) is 0 Å². The number of carbonyl (C=O) groups excluding carboxylic acids is 3. The van der Waals surface area contributed by atoms with Gasteiger partial charge in [-0.25, -0.2) is 0 Å². The molecule has 1 aliphatic heterocycles. The van der Waals surface area contributed by atoms with E-state index in [4.69, 9.17) is 0 Å². The summed E-state index contributed by atoms with van der Waals surface area (Å²) in [6.07, 6.45) is 5.16.